The van der Waals surface area contributed by atoms with E-state index < -0.39 is 0 Å². The van der Waals surface area contributed by atoms with Gasteiger partial charge in [0.15, 0.2) is 0 Å². The first-order valence-electron chi connectivity index (χ1n) is 5.87. The molecule has 0 bridgehead atoms. The molecule has 96 valence electrons. The lowest BCUT2D eigenvalue weighted by Gasteiger charge is -2.13. The summed E-state index contributed by atoms with van der Waals surface area (Å²) in [5.74, 6) is 0. The Labute approximate surface area is 126 Å². The van der Waals surface area contributed by atoms with Crippen LogP contribution >= 0.6 is 38.9 Å². The molecular formula is C15H16BrClS. The summed E-state index contributed by atoms with van der Waals surface area (Å²) in [6, 6.07) is 6.50. The van der Waals surface area contributed by atoms with Crippen LogP contribution in [0.5, 0.6) is 0 Å². The summed E-state index contributed by atoms with van der Waals surface area (Å²) in [5, 5.41) is 0.842. The van der Waals surface area contributed by atoms with Crippen molar-refractivity contribution in [3.8, 4) is 0 Å². The zero-order valence-electron chi connectivity index (χ0n) is 11.0. The number of aryl methyl sites for hydroxylation is 4. The maximum atomic E-state index is 6.15. The Morgan fingerprint density at radius 2 is 1.67 bits per heavy atom. The topological polar surface area (TPSA) is 0 Å². The van der Waals surface area contributed by atoms with E-state index in [-0.39, 0.29) is 4.83 Å². The predicted molar refractivity (Wildman–Crippen MR) is 85.5 cm³/mol. The SMILES string of the molecule is Cc1cc(C(Br)c2cc(C)c(C)s2)c(C)cc1Cl. The van der Waals surface area contributed by atoms with Crippen molar-refractivity contribution in [2.75, 3.05) is 0 Å². The molecule has 0 saturated carbocycles. The minimum absolute atomic E-state index is 0.255. The van der Waals surface area contributed by atoms with Gasteiger partial charge in [-0.1, -0.05) is 33.6 Å². The highest BCUT2D eigenvalue weighted by molar-refractivity contribution is 9.09. The molecule has 3 heteroatoms. The number of rotatable bonds is 2. The highest BCUT2D eigenvalue weighted by Crippen LogP contribution is 2.39. The van der Waals surface area contributed by atoms with E-state index in [4.69, 9.17) is 11.6 Å². The van der Waals surface area contributed by atoms with E-state index in [9.17, 15) is 0 Å². The fraction of sp³-hybridized carbons (Fsp3) is 0.333. The van der Waals surface area contributed by atoms with Gasteiger partial charge in [0.1, 0.15) is 0 Å². The summed E-state index contributed by atoms with van der Waals surface area (Å²) in [4.78, 5) is 3.00. The van der Waals surface area contributed by atoms with E-state index in [1.54, 1.807) is 0 Å². The molecule has 2 aromatic rings. The molecule has 0 radical (unpaired) electrons. The van der Waals surface area contributed by atoms with Crippen LogP contribution in [-0.4, -0.2) is 0 Å². The van der Waals surface area contributed by atoms with Gasteiger partial charge in [-0.15, -0.1) is 11.3 Å². The van der Waals surface area contributed by atoms with Crippen LogP contribution in [0.4, 0.5) is 0 Å². The van der Waals surface area contributed by atoms with Gasteiger partial charge >= 0.3 is 0 Å². The first kappa shape index (κ1) is 14.1. The van der Waals surface area contributed by atoms with E-state index in [1.165, 1.54) is 26.4 Å². The lowest BCUT2D eigenvalue weighted by atomic mass is 10.0. The van der Waals surface area contributed by atoms with Gasteiger partial charge in [0, 0.05) is 14.8 Å². The second kappa shape index (κ2) is 5.36. The summed E-state index contributed by atoms with van der Waals surface area (Å²) >= 11 is 11.8. The van der Waals surface area contributed by atoms with E-state index in [0.717, 1.165) is 10.6 Å². The number of alkyl halides is 1. The molecule has 0 amide bonds. The summed E-state index contributed by atoms with van der Waals surface area (Å²) in [6.45, 7) is 8.50. The normalized spacial score (nSPS) is 12.8. The average molecular weight is 344 g/mol. The number of halogens is 2. The van der Waals surface area contributed by atoms with Gasteiger partial charge in [-0.2, -0.15) is 0 Å². The second-order valence-electron chi connectivity index (χ2n) is 4.71. The smallest absolute Gasteiger partial charge is 0.0740 e. The van der Waals surface area contributed by atoms with Crippen molar-refractivity contribution in [2.45, 2.75) is 32.5 Å². The third-order valence-electron chi connectivity index (χ3n) is 3.26. The Balaban J connectivity index is 2.45. The molecule has 0 aliphatic heterocycles. The standard InChI is InChI=1S/C15H16BrClS/c1-8-7-14(18-11(8)4)15(16)12-5-10(3)13(17)6-9(12)2/h5-7,15H,1-4H3. The third-order valence-corrected chi connectivity index (χ3v) is 6.17. The number of hydrogen-bond acceptors (Lipinski definition) is 1. The van der Waals surface area contributed by atoms with E-state index in [0.29, 0.717) is 0 Å². The Morgan fingerprint density at radius 1 is 1.00 bits per heavy atom. The predicted octanol–water partition coefficient (Wildman–Crippen LogP) is 6.12. The van der Waals surface area contributed by atoms with Gasteiger partial charge in [0.2, 0.25) is 0 Å². The lowest BCUT2D eigenvalue weighted by molar-refractivity contribution is 1.16. The molecule has 0 spiro atoms. The van der Waals surface area contributed by atoms with Gasteiger partial charge in [-0.05, 0) is 62.1 Å². The van der Waals surface area contributed by atoms with Crippen LogP contribution in [-0.2, 0) is 0 Å². The maximum absolute atomic E-state index is 6.15. The van der Waals surface area contributed by atoms with Crippen molar-refractivity contribution in [2.24, 2.45) is 0 Å². The fourth-order valence-electron chi connectivity index (χ4n) is 1.96. The van der Waals surface area contributed by atoms with Crippen molar-refractivity contribution in [3.63, 3.8) is 0 Å². The summed E-state index contributed by atoms with van der Waals surface area (Å²) in [6.07, 6.45) is 0. The molecule has 1 atom stereocenters. The van der Waals surface area contributed by atoms with Gasteiger partial charge in [-0.25, -0.2) is 0 Å². The summed E-state index contributed by atoms with van der Waals surface area (Å²) < 4.78 is 0. The first-order valence-corrected chi connectivity index (χ1v) is 7.98. The van der Waals surface area contributed by atoms with Crippen LogP contribution in [0.2, 0.25) is 5.02 Å². The minimum atomic E-state index is 0.255. The molecule has 0 aliphatic carbocycles. The molecule has 0 aliphatic rings. The van der Waals surface area contributed by atoms with E-state index >= 15 is 0 Å². The molecule has 2 rings (SSSR count). The largest absolute Gasteiger partial charge is 0.144 e. The van der Waals surface area contributed by atoms with E-state index in [2.05, 4.69) is 55.8 Å². The van der Waals surface area contributed by atoms with Crippen LogP contribution in [0.1, 0.15) is 36.8 Å². The lowest BCUT2D eigenvalue weighted by Crippen LogP contribution is -1.95. The zero-order chi connectivity index (χ0) is 13.4. The fourth-order valence-corrected chi connectivity index (χ4v) is 4.12. The van der Waals surface area contributed by atoms with Crippen molar-refractivity contribution >= 4 is 38.9 Å². The Bertz CT molecular complexity index is 567. The second-order valence-corrected chi connectivity index (χ2v) is 7.32. The molecule has 0 fully saturated rings. The molecular weight excluding hydrogens is 328 g/mol. The molecule has 0 N–H and O–H groups in total. The number of hydrogen-bond donors (Lipinski definition) is 0. The molecule has 0 nitrogen and oxygen atoms in total. The van der Waals surface area contributed by atoms with Gasteiger partial charge in [0.05, 0.1) is 4.83 Å². The molecule has 0 saturated heterocycles. The third kappa shape index (κ3) is 2.66. The molecule has 1 heterocycles. The van der Waals surface area contributed by atoms with Crippen LogP contribution in [0.15, 0.2) is 18.2 Å². The molecule has 1 aromatic heterocycles. The van der Waals surface area contributed by atoms with Crippen LogP contribution < -0.4 is 0 Å². The van der Waals surface area contributed by atoms with Crippen molar-refractivity contribution < 1.29 is 0 Å². The Kier molecular flexibility index (Phi) is 4.20. The van der Waals surface area contributed by atoms with Crippen LogP contribution in [0, 0.1) is 27.7 Å². The summed E-state index contributed by atoms with van der Waals surface area (Å²) in [7, 11) is 0. The van der Waals surface area contributed by atoms with Gasteiger partial charge < -0.3 is 0 Å². The number of benzene rings is 1. The van der Waals surface area contributed by atoms with Crippen LogP contribution in [0.25, 0.3) is 0 Å². The zero-order valence-corrected chi connectivity index (χ0v) is 14.1. The van der Waals surface area contributed by atoms with Crippen molar-refractivity contribution in [1.29, 1.82) is 0 Å². The van der Waals surface area contributed by atoms with Crippen LogP contribution in [0.3, 0.4) is 0 Å². The quantitative estimate of drug-likeness (QED) is 0.576. The van der Waals surface area contributed by atoms with Gasteiger partial charge in [0.25, 0.3) is 0 Å². The Morgan fingerprint density at radius 3 is 2.22 bits per heavy atom. The molecule has 1 aromatic carbocycles. The highest BCUT2D eigenvalue weighted by atomic mass is 79.9. The van der Waals surface area contributed by atoms with Gasteiger partial charge in [-0.3, -0.25) is 0 Å². The Hall–Kier alpha value is -0.310. The first-order chi connectivity index (χ1) is 8.40. The summed E-state index contributed by atoms with van der Waals surface area (Å²) in [5.41, 5.74) is 5.03. The van der Waals surface area contributed by atoms with Crippen molar-refractivity contribution in [1.82, 2.24) is 0 Å². The maximum Gasteiger partial charge on any atom is 0.0740 e. The molecule has 18 heavy (non-hydrogen) atoms. The monoisotopic (exact) mass is 342 g/mol. The minimum Gasteiger partial charge on any atom is -0.144 e. The number of thiophene rings is 1. The average Bonchev–Trinajstić information content (AvgIpc) is 2.63. The highest BCUT2D eigenvalue weighted by Gasteiger charge is 2.16. The molecule has 1 unspecified atom stereocenters. The van der Waals surface area contributed by atoms with Crippen molar-refractivity contribution in [3.05, 3.63) is 55.2 Å². The van der Waals surface area contributed by atoms with E-state index in [1.807, 2.05) is 17.4 Å².